The molecule has 3 heterocycles. The molecule has 1 amide bonds. The molecule has 0 aliphatic carbocycles. The number of carbonyl (C=O) groups is 2. The Labute approximate surface area is 238 Å². The normalized spacial score (nSPS) is 14.3. The van der Waals surface area contributed by atoms with E-state index in [2.05, 4.69) is 31.6 Å². The van der Waals surface area contributed by atoms with Gasteiger partial charge >= 0.3 is 5.97 Å². The highest BCUT2D eigenvalue weighted by Crippen LogP contribution is 2.28. The van der Waals surface area contributed by atoms with Crippen molar-refractivity contribution in [2.45, 2.75) is 32.5 Å². The Kier molecular flexibility index (Phi) is 8.95. The third-order valence-corrected chi connectivity index (χ3v) is 7.64. The number of methoxy groups -OCH3 is 1. The van der Waals surface area contributed by atoms with Crippen LogP contribution in [-0.4, -0.2) is 53.0 Å². The van der Waals surface area contributed by atoms with Crippen LogP contribution in [0.2, 0.25) is 0 Å². The van der Waals surface area contributed by atoms with Crippen LogP contribution < -0.4 is 10.6 Å². The number of ether oxygens (including phenoxy) is 1. The molecule has 0 bridgehead atoms. The lowest BCUT2D eigenvalue weighted by Crippen LogP contribution is -2.50. The Morgan fingerprint density at radius 1 is 1.05 bits per heavy atom. The number of hydrogen-bond acceptors (Lipinski definition) is 8. The summed E-state index contributed by atoms with van der Waals surface area (Å²) in [4.78, 5) is 36.4. The van der Waals surface area contributed by atoms with Crippen molar-refractivity contribution in [1.82, 2.24) is 20.2 Å². The first-order valence-electron chi connectivity index (χ1n) is 13.3. The van der Waals surface area contributed by atoms with E-state index in [-0.39, 0.29) is 17.8 Å². The van der Waals surface area contributed by atoms with E-state index in [0.29, 0.717) is 32.6 Å². The van der Waals surface area contributed by atoms with Crippen molar-refractivity contribution in [3.8, 4) is 11.1 Å². The Hall–Kier alpha value is -3.92. The number of pyridine rings is 1. The maximum Gasteiger partial charge on any atom is 0.311 e. The van der Waals surface area contributed by atoms with Crippen molar-refractivity contribution < 1.29 is 14.3 Å². The van der Waals surface area contributed by atoms with Crippen LogP contribution in [0.15, 0.2) is 77.8 Å². The second kappa shape index (κ2) is 13.0. The number of likely N-dealkylation sites (tertiary alicyclic amines) is 1. The summed E-state index contributed by atoms with van der Waals surface area (Å²) in [7, 11) is 1.43. The first-order valence-corrected chi connectivity index (χ1v) is 14.2. The van der Waals surface area contributed by atoms with Gasteiger partial charge in [-0.15, -0.1) is 11.3 Å². The van der Waals surface area contributed by atoms with Gasteiger partial charge in [-0.3, -0.25) is 24.8 Å². The minimum absolute atomic E-state index is 0.0854. The summed E-state index contributed by atoms with van der Waals surface area (Å²) in [5.41, 5.74) is 8.52. The SMILES string of the molecule is COC(=O)C1CN(Cc2cc(NC(=O)[C@H](Cc3ccccc3)NCc3cscn3)cc(-c3ccnc(C)c3)c2)C1. The topological polar surface area (TPSA) is 96.5 Å². The quantitative estimate of drug-likeness (QED) is 0.264. The van der Waals surface area contributed by atoms with Gasteiger partial charge in [0.1, 0.15) is 0 Å². The first-order chi connectivity index (χ1) is 19.5. The van der Waals surface area contributed by atoms with Gasteiger partial charge in [-0.25, -0.2) is 4.98 Å². The first kappa shape index (κ1) is 27.6. The van der Waals surface area contributed by atoms with E-state index >= 15 is 0 Å². The molecule has 40 heavy (non-hydrogen) atoms. The number of nitrogens with one attached hydrogen (secondary N) is 2. The van der Waals surface area contributed by atoms with Crippen molar-refractivity contribution in [2.75, 3.05) is 25.5 Å². The number of rotatable bonds is 11. The molecule has 2 aromatic heterocycles. The van der Waals surface area contributed by atoms with Gasteiger partial charge in [-0.1, -0.05) is 30.3 Å². The lowest BCUT2D eigenvalue weighted by atomic mass is 9.97. The molecule has 1 fully saturated rings. The van der Waals surface area contributed by atoms with Crippen LogP contribution in [0.25, 0.3) is 11.1 Å². The summed E-state index contributed by atoms with van der Waals surface area (Å²) in [6.07, 6.45) is 2.35. The number of esters is 1. The van der Waals surface area contributed by atoms with E-state index in [1.54, 1.807) is 11.7 Å². The van der Waals surface area contributed by atoms with Gasteiger partial charge in [-0.05, 0) is 65.9 Å². The standard InChI is InChI=1S/C31H33N5O3S/c1-21-10-24(8-9-32-21)25-11-23(16-36-17-26(18-36)31(38)39-2)12-27(14-25)35-30(37)29(13-22-6-4-3-5-7-22)33-15-28-19-40-20-34-28/h3-12,14,19-20,26,29,33H,13,15-18H2,1-2H3,(H,35,37)/t29-/m0/s1. The molecule has 5 rings (SSSR count). The molecule has 8 nitrogen and oxygen atoms in total. The zero-order valence-electron chi connectivity index (χ0n) is 22.7. The molecule has 2 N–H and O–H groups in total. The molecule has 0 spiro atoms. The molecule has 0 saturated carbocycles. The van der Waals surface area contributed by atoms with Crippen LogP contribution in [0.4, 0.5) is 5.69 Å². The molecule has 1 atom stereocenters. The fourth-order valence-corrected chi connectivity index (χ4v) is 5.47. The maximum atomic E-state index is 13.7. The second-order valence-corrected chi connectivity index (χ2v) is 10.8. The molecule has 2 aromatic carbocycles. The number of hydrogen-bond donors (Lipinski definition) is 2. The summed E-state index contributed by atoms with van der Waals surface area (Å²) in [6.45, 7) is 4.46. The lowest BCUT2D eigenvalue weighted by molar-refractivity contribution is -0.151. The van der Waals surface area contributed by atoms with Gasteiger partial charge in [0.05, 0.1) is 30.3 Å². The Balaban J connectivity index is 1.37. The number of aromatic nitrogens is 2. The molecule has 0 radical (unpaired) electrons. The summed E-state index contributed by atoms with van der Waals surface area (Å²) in [5.74, 6) is -0.361. The zero-order valence-corrected chi connectivity index (χ0v) is 23.5. The third-order valence-electron chi connectivity index (χ3n) is 7.00. The van der Waals surface area contributed by atoms with Crippen LogP contribution in [0.5, 0.6) is 0 Å². The zero-order chi connectivity index (χ0) is 27.9. The number of carbonyl (C=O) groups excluding carboxylic acids is 2. The number of aryl methyl sites for hydroxylation is 1. The van der Waals surface area contributed by atoms with E-state index in [9.17, 15) is 9.59 Å². The minimum atomic E-state index is -0.449. The largest absolute Gasteiger partial charge is 0.469 e. The van der Waals surface area contributed by atoms with Crippen LogP contribution in [0.3, 0.4) is 0 Å². The average Bonchev–Trinajstić information content (AvgIpc) is 3.46. The van der Waals surface area contributed by atoms with Crippen molar-refractivity contribution in [2.24, 2.45) is 5.92 Å². The average molecular weight is 556 g/mol. The van der Waals surface area contributed by atoms with Crippen molar-refractivity contribution in [1.29, 1.82) is 0 Å². The number of benzene rings is 2. The Bertz CT molecular complexity index is 1440. The van der Waals surface area contributed by atoms with Gasteiger partial charge in [0, 0.05) is 49.1 Å². The fraction of sp³-hybridized carbons (Fsp3) is 0.290. The van der Waals surface area contributed by atoms with Gasteiger partial charge in [0.2, 0.25) is 5.91 Å². The molecule has 0 unspecified atom stereocenters. The molecule has 4 aromatic rings. The van der Waals surface area contributed by atoms with Crippen LogP contribution >= 0.6 is 11.3 Å². The number of nitrogens with zero attached hydrogens (tertiary/aromatic N) is 3. The molecule has 1 aliphatic heterocycles. The molecule has 1 aliphatic rings. The minimum Gasteiger partial charge on any atom is -0.469 e. The lowest BCUT2D eigenvalue weighted by Gasteiger charge is -2.37. The highest BCUT2D eigenvalue weighted by molar-refractivity contribution is 7.07. The van der Waals surface area contributed by atoms with Crippen molar-refractivity contribution in [3.63, 3.8) is 0 Å². The van der Waals surface area contributed by atoms with Gasteiger partial charge in [0.15, 0.2) is 0 Å². The van der Waals surface area contributed by atoms with E-state index in [4.69, 9.17) is 4.74 Å². The smallest absolute Gasteiger partial charge is 0.311 e. The molecular weight excluding hydrogens is 522 g/mol. The summed E-state index contributed by atoms with van der Waals surface area (Å²) in [6, 6.07) is 19.7. The predicted molar refractivity (Wildman–Crippen MR) is 157 cm³/mol. The maximum absolute atomic E-state index is 13.7. The fourth-order valence-electron chi connectivity index (χ4n) is 4.91. The van der Waals surface area contributed by atoms with Crippen molar-refractivity contribution in [3.05, 3.63) is 100 Å². The second-order valence-electron chi connectivity index (χ2n) is 10.1. The van der Waals surface area contributed by atoms with Crippen LogP contribution in [0, 0.1) is 12.8 Å². The number of amides is 1. The van der Waals surface area contributed by atoms with E-state index in [1.165, 1.54) is 18.4 Å². The van der Waals surface area contributed by atoms with Gasteiger partial charge < -0.3 is 10.1 Å². The predicted octanol–water partition coefficient (Wildman–Crippen LogP) is 4.46. The van der Waals surface area contributed by atoms with Gasteiger partial charge in [-0.2, -0.15) is 0 Å². The summed E-state index contributed by atoms with van der Waals surface area (Å²) < 4.78 is 4.88. The van der Waals surface area contributed by atoms with E-state index in [1.807, 2.05) is 66.9 Å². The Morgan fingerprint density at radius 3 is 2.60 bits per heavy atom. The highest BCUT2D eigenvalue weighted by Gasteiger charge is 2.33. The molecular formula is C31H33N5O3S. The highest BCUT2D eigenvalue weighted by atomic mass is 32.1. The third kappa shape index (κ3) is 7.18. The molecule has 206 valence electrons. The van der Waals surface area contributed by atoms with Crippen LogP contribution in [-0.2, 0) is 33.8 Å². The number of anilines is 1. The summed E-state index contributed by atoms with van der Waals surface area (Å²) >= 11 is 1.54. The van der Waals surface area contributed by atoms with E-state index < -0.39 is 6.04 Å². The molecule has 9 heteroatoms. The van der Waals surface area contributed by atoms with Gasteiger partial charge in [0.25, 0.3) is 0 Å². The van der Waals surface area contributed by atoms with Crippen LogP contribution in [0.1, 0.15) is 22.5 Å². The Morgan fingerprint density at radius 2 is 1.88 bits per heavy atom. The number of thiazole rings is 1. The van der Waals surface area contributed by atoms with Crippen molar-refractivity contribution >= 4 is 28.9 Å². The molecule has 1 saturated heterocycles. The monoisotopic (exact) mass is 555 g/mol. The van der Waals surface area contributed by atoms with E-state index in [0.717, 1.165) is 39.3 Å². The summed E-state index contributed by atoms with van der Waals surface area (Å²) in [5, 5.41) is 8.56.